The number of amides is 3. The smallest absolute Gasteiger partial charge is 0.274 e. The Balaban J connectivity index is 1.55. The molecule has 1 aromatic heterocycles. The fraction of sp³-hybridized carbons (Fsp3) is 0.478. The summed E-state index contributed by atoms with van der Waals surface area (Å²) >= 11 is 0. The van der Waals surface area contributed by atoms with Gasteiger partial charge in [0, 0.05) is 25.7 Å². The maximum Gasteiger partial charge on any atom is 0.274 e. The minimum atomic E-state index is -1.13. The fourth-order valence-electron chi connectivity index (χ4n) is 4.17. The highest BCUT2D eigenvalue weighted by atomic mass is 19.1. The number of hydrogen-bond acceptors (Lipinski definition) is 5. The molecule has 3 amide bonds. The molecule has 1 saturated carbocycles. The highest BCUT2D eigenvalue weighted by molar-refractivity contribution is 6.07. The number of likely N-dealkylation sites (N-methyl/N-ethyl adjacent to an activating group) is 1. The van der Waals surface area contributed by atoms with E-state index in [0.29, 0.717) is 13.1 Å². The molecule has 33 heavy (non-hydrogen) atoms. The minimum Gasteiger partial charge on any atom is -0.350 e. The van der Waals surface area contributed by atoms with Crippen molar-refractivity contribution in [1.82, 2.24) is 30.0 Å². The van der Waals surface area contributed by atoms with Gasteiger partial charge in [0.25, 0.3) is 11.8 Å². The molecule has 2 aliphatic rings. The molecule has 1 atom stereocenters. The van der Waals surface area contributed by atoms with Crippen LogP contribution in [-0.4, -0.2) is 75.8 Å². The Morgan fingerprint density at radius 2 is 1.91 bits per heavy atom. The van der Waals surface area contributed by atoms with E-state index in [1.54, 1.807) is 28.5 Å². The second-order valence-electron chi connectivity index (χ2n) is 9.12. The van der Waals surface area contributed by atoms with Crippen molar-refractivity contribution < 1.29 is 18.8 Å². The second-order valence-corrected chi connectivity index (χ2v) is 9.12. The largest absolute Gasteiger partial charge is 0.350 e. The van der Waals surface area contributed by atoms with E-state index in [9.17, 15) is 18.8 Å². The molecule has 0 spiro atoms. The molecule has 2 aromatic rings. The number of nitrogens with one attached hydrogen (secondary N) is 2. The summed E-state index contributed by atoms with van der Waals surface area (Å²) in [5.41, 5.74) is -0.0790. The van der Waals surface area contributed by atoms with Crippen molar-refractivity contribution in [2.24, 2.45) is 0 Å². The number of halogens is 1. The maximum absolute atomic E-state index is 13.6. The Bertz CT molecular complexity index is 1060. The molecule has 2 N–H and O–H groups in total. The number of benzene rings is 1. The molecule has 1 aromatic carbocycles. The van der Waals surface area contributed by atoms with Gasteiger partial charge < -0.3 is 25.0 Å². The topological polar surface area (TPSA) is 99.6 Å². The van der Waals surface area contributed by atoms with Crippen molar-refractivity contribution in [3.05, 3.63) is 53.4 Å². The predicted molar refractivity (Wildman–Crippen MR) is 119 cm³/mol. The third-order valence-electron chi connectivity index (χ3n) is 6.10. The molecule has 1 aliphatic carbocycles. The van der Waals surface area contributed by atoms with Gasteiger partial charge in [0.2, 0.25) is 5.91 Å². The third-order valence-corrected chi connectivity index (χ3v) is 6.10. The molecule has 2 heterocycles. The van der Waals surface area contributed by atoms with Crippen molar-refractivity contribution in [3.8, 4) is 0 Å². The molecule has 10 heteroatoms. The van der Waals surface area contributed by atoms with E-state index in [0.717, 1.165) is 18.4 Å². The summed E-state index contributed by atoms with van der Waals surface area (Å²) in [6, 6.07) is 5.85. The van der Waals surface area contributed by atoms with Gasteiger partial charge in [0.1, 0.15) is 17.1 Å². The van der Waals surface area contributed by atoms with Crippen LogP contribution in [-0.2, 0) is 17.9 Å². The molecular weight excluding hydrogens is 427 g/mol. The Morgan fingerprint density at radius 3 is 2.55 bits per heavy atom. The van der Waals surface area contributed by atoms with Crippen molar-refractivity contribution in [2.45, 2.75) is 44.4 Å². The SMILES string of the molecule is CN(C)CCNC(=O)c1ncn2c1C(=O)N(C1CC1)[C@@](C)(C(=O)NCc1ccc(F)cc1)C2. The normalized spacial score (nSPS) is 20.0. The van der Waals surface area contributed by atoms with Crippen molar-refractivity contribution in [3.63, 3.8) is 0 Å². The van der Waals surface area contributed by atoms with E-state index < -0.39 is 11.4 Å². The number of carbonyl (C=O) groups is 3. The molecule has 0 saturated heterocycles. The van der Waals surface area contributed by atoms with Gasteiger partial charge in [-0.15, -0.1) is 0 Å². The van der Waals surface area contributed by atoms with Gasteiger partial charge in [-0.05, 0) is 51.6 Å². The van der Waals surface area contributed by atoms with Crippen LogP contribution in [0.25, 0.3) is 0 Å². The summed E-state index contributed by atoms with van der Waals surface area (Å²) < 4.78 is 14.8. The zero-order chi connectivity index (χ0) is 23.8. The van der Waals surface area contributed by atoms with Gasteiger partial charge in [-0.25, -0.2) is 9.37 Å². The van der Waals surface area contributed by atoms with Crippen LogP contribution in [0, 0.1) is 5.82 Å². The Morgan fingerprint density at radius 1 is 1.21 bits per heavy atom. The summed E-state index contributed by atoms with van der Waals surface area (Å²) in [7, 11) is 3.81. The Kier molecular flexibility index (Phi) is 6.20. The molecule has 0 radical (unpaired) electrons. The van der Waals surface area contributed by atoms with Gasteiger partial charge >= 0.3 is 0 Å². The predicted octanol–water partition coefficient (Wildman–Crippen LogP) is 1.01. The first-order chi connectivity index (χ1) is 15.7. The summed E-state index contributed by atoms with van der Waals surface area (Å²) in [6.45, 7) is 3.25. The molecular formula is C23H29FN6O3. The van der Waals surface area contributed by atoms with Crippen LogP contribution in [0.5, 0.6) is 0 Å². The number of hydrogen-bond donors (Lipinski definition) is 2. The van der Waals surface area contributed by atoms with Gasteiger partial charge in [-0.3, -0.25) is 14.4 Å². The number of aromatic nitrogens is 2. The van der Waals surface area contributed by atoms with Crippen LogP contribution in [0.3, 0.4) is 0 Å². The quantitative estimate of drug-likeness (QED) is 0.618. The van der Waals surface area contributed by atoms with E-state index in [1.165, 1.54) is 18.5 Å². The number of imidazole rings is 1. The third kappa shape index (κ3) is 4.61. The van der Waals surface area contributed by atoms with Gasteiger partial charge in [-0.2, -0.15) is 0 Å². The minimum absolute atomic E-state index is 0.0487. The average Bonchev–Trinajstić information content (AvgIpc) is 3.50. The van der Waals surface area contributed by atoms with E-state index in [2.05, 4.69) is 15.6 Å². The zero-order valence-electron chi connectivity index (χ0n) is 19.1. The number of fused-ring (bicyclic) bond motifs is 1. The van der Waals surface area contributed by atoms with Gasteiger partial charge in [0.15, 0.2) is 5.69 Å². The lowest BCUT2D eigenvalue weighted by atomic mass is 9.93. The van der Waals surface area contributed by atoms with Crippen molar-refractivity contribution >= 4 is 17.7 Å². The fourth-order valence-corrected chi connectivity index (χ4v) is 4.17. The number of nitrogens with zero attached hydrogens (tertiary/aromatic N) is 4. The highest BCUT2D eigenvalue weighted by Gasteiger charge is 2.53. The lowest BCUT2D eigenvalue weighted by molar-refractivity contribution is -0.133. The van der Waals surface area contributed by atoms with Crippen LogP contribution < -0.4 is 10.6 Å². The van der Waals surface area contributed by atoms with E-state index in [1.807, 2.05) is 19.0 Å². The van der Waals surface area contributed by atoms with Crippen LogP contribution in [0.4, 0.5) is 4.39 Å². The molecule has 0 bridgehead atoms. The number of rotatable bonds is 8. The number of carbonyl (C=O) groups excluding carboxylic acids is 3. The molecule has 176 valence electrons. The summed E-state index contributed by atoms with van der Waals surface area (Å²) in [6.07, 6.45) is 3.07. The average molecular weight is 457 g/mol. The second kappa shape index (κ2) is 8.93. The lowest BCUT2D eigenvalue weighted by Gasteiger charge is -2.44. The first-order valence-corrected chi connectivity index (χ1v) is 11.0. The van der Waals surface area contributed by atoms with Crippen LogP contribution in [0.15, 0.2) is 30.6 Å². The Hall–Kier alpha value is -3.27. The van der Waals surface area contributed by atoms with E-state index in [4.69, 9.17) is 0 Å². The molecule has 1 fully saturated rings. The molecule has 0 unspecified atom stereocenters. The summed E-state index contributed by atoms with van der Waals surface area (Å²) in [5, 5.41) is 5.69. The van der Waals surface area contributed by atoms with Gasteiger partial charge in [-0.1, -0.05) is 12.1 Å². The molecule has 1 aliphatic heterocycles. The van der Waals surface area contributed by atoms with Crippen LogP contribution in [0.1, 0.15) is 46.3 Å². The monoisotopic (exact) mass is 456 g/mol. The zero-order valence-corrected chi connectivity index (χ0v) is 19.1. The van der Waals surface area contributed by atoms with E-state index in [-0.39, 0.29) is 48.2 Å². The van der Waals surface area contributed by atoms with Crippen molar-refractivity contribution in [2.75, 3.05) is 27.2 Å². The molecule has 4 rings (SSSR count). The van der Waals surface area contributed by atoms with Crippen LogP contribution in [0.2, 0.25) is 0 Å². The summed E-state index contributed by atoms with van der Waals surface area (Å²) in [4.78, 5) is 47.3. The van der Waals surface area contributed by atoms with Gasteiger partial charge in [0.05, 0.1) is 12.9 Å². The highest BCUT2D eigenvalue weighted by Crippen LogP contribution is 2.38. The summed E-state index contributed by atoms with van der Waals surface area (Å²) in [5.74, 6) is -1.41. The van der Waals surface area contributed by atoms with Crippen molar-refractivity contribution in [1.29, 1.82) is 0 Å². The standard InChI is InChI=1S/C23H29FN6O3/c1-23(22(33)26-12-15-4-6-16(24)7-5-15)13-29-14-27-18(20(31)25-10-11-28(2)3)19(29)21(32)30(23)17-8-9-17/h4-7,14,17H,8-13H2,1-3H3,(H,25,31)(H,26,33)/t23-/m1/s1. The molecule has 9 nitrogen and oxygen atoms in total. The lowest BCUT2D eigenvalue weighted by Crippen LogP contribution is -2.64. The first-order valence-electron chi connectivity index (χ1n) is 11.0. The van der Waals surface area contributed by atoms with E-state index >= 15 is 0 Å². The maximum atomic E-state index is 13.6. The first kappa shape index (κ1) is 22.9. The Labute approximate surface area is 191 Å². The van der Waals surface area contributed by atoms with Crippen LogP contribution >= 0.6 is 0 Å².